The number of aliphatic hydroxyl groups is 1. The highest BCUT2D eigenvalue weighted by Crippen LogP contribution is 2.27. The molecule has 1 unspecified atom stereocenters. The summed E-state index contributed by atoms with van der Waals surface area (Å²) in [6, 6.07) is 10.0. The van der Waals surface area contributed by atoms with Gasteiger partial charge in [0, 0.05) is 25.8 Å². The molecule has 1 atom stereocenters. The average molecular weight is 387 g/mol. The van der Waals surface area contributed by atoms with Crippen LogP contribution in [-0.4, -0.2) is 54.9 Å². The van der Waals surface area contributed by atoms with Gasteiger partial charge in [0.1, 0.15) is 11.9 Å². The molecule has 3 N–H and O–H groups in total. The number of nitrogens with zero attached hydrogens (tertiary/aromatic N) is 3. The lowest BCUT2D eigenvalue weighted by atomic mass is 10.2. The Morgan fingerprint density at radius 3 is 2.93 bits per heavy atom. The third-order valence-corrected chi connectivity index (χ3v) is 4.35. The van der Waals surface area contributed by atoms with E-state index < -0.39 is 18.0 Å². The van der Waals surface area contributed by atoms with Crippen molar-refractivity contribution in [3.8, 4) is 0 Å². The SMILES string of the molecule is N=CN(CCNCc1ccccn1)c1ccc(N2CC(CO)OC2=O)cc1F. The summed E-state index contributed by atoms with van der Waals surface area (Å²) in [5.74, 6) is -0.550. The second-order valence-electron chi connectivity index (χ2n) is 6.26. The first-order chi connectivity index (χ1) is 13.6. The molecule has 1 fully saturated rings. The van der Waals surface area contributed by atoms with Gasteiger partial charge in [0.05, 0.1) is 36.6 Å². The summed E-state index contributed by atoms with van der Waals surface area (Å²) >= 11 is 0. The predicted molar refractivity (Wildman–Crippen MR) is 103 cm³/mol. The highest BCUT2D eigenvalue weighted by molar-refractivity contribution is 5.90. The van der Waals surface area contributed by atoms with Crippen LogP contribution >= 0.6 is 0 Å². The van der Waals surface area contributed by atoms with Crippen molar-refractivity contribution in [1.82, 2.24) is 10.3 Å². The zero-order chi connectivity index (χ0) is 19.9. The minimum atomic E-state index is -0.617. The van der Waals surface area contributed by atoms with E-state index in [1.165, 1.54) is 21.9 Å². The molecule has 1 aromatic heterocycles. The van der Waals surface area contributed by atoms with Crippen LogP contribution in [0.1, 0.15) is 5.69 Å². The topological polar surface area (TPSA) is 102 Å². The summed E-state index contributed by atoms with van der Waals surface area (Å²) in [6.45, 7) is 1.39. The van der Waals surface area contributed by atoms with E-state index in [0.29, 0.717) is 25.3 Å². The number of pyridine rings is 1. The van der Waals surface area contributed by atoms with Gasteiger partial charge in [0.25, 0.3) is 0 Å². The van der Waals surface area contributed by atoms with E-state index in [1.54, 1.807) is 12.3 Å². The number of benzene rings is 1. The Morgan fingerprint density at radius 2 is 2.29 bits per heavy atom. The van der Waals surface area contributed by atoms with Crippen LogP contribution in [0.4, 0.5) is 20.6 Å². The number of hydrogen-bond donors (Lipinski definition) is 3. The number of ether oxygens (including phenoxy) is 1. The van der Waals surface area contributed by atoms with E-state index in [-0.39, 0.29) is 18.8 Å². The van der Waals surface area contributed by atoms with Crippen LogP contribution in [-0.2, 0) is 11.3 Å². The van der Waals surface area contributed by atoms with E-state index in [0.717, 1.165) is 12.0 Å². The normalized spacial score (nSPS) is 16.1. The van der Waals surface area contributed by atoms with Gasteiger partial charge in [0.2, 0.25) is 0 Å². The molecule has 148 valence electrons. The van der Waals surface area contributed by atoms with Crippen molar-refractivity contribution in [2.45, 2.75) is 12.6 Å². The standard InChI is InChI=1S/C19H22FN5O3/c20-17-9-15(25-11-16(12-26)28-19(25)27)4-5-18(17)24(13-21)8-7-22-10-14-3-1-2-6-23-14/h1-6,9,13,16,21-22,26H,7-8,10-12H2. The van der Waals surface area contributed by atoms with Crippen LogP contribution in [0.5, 0.6) is 0 Å². The summed E-state index contributed by atoms with van der Waals surface area (Å²) in [4.78, 5) is 18.8. The van der Waals surface area contributed by atoms with Gasteiger partial charge in [-0.15, -0.1) is 0 Å². The Morgan fingerprint density at radius 1 is 1.43 bits per heavy atom. The number of aromatic nitrogens is 1. The molecule has 28 heavy (non-hydrogen) atoms. The molecule has 0 aliphatic carbocycles. The minimum Gasteiger partial charge on any atom is -0.441 e. The van der Waals surface area contributed by atoms with E-state index >= 15 is 0 Å². The molecule has 8 nitrogen and oxygen atoms in total. The Balaban J connectivity index is 1.60. The first-order valence-electron chi connectivity index (χ1n) is 8.88. The molecule has 9 heteroatoms. The Labute approximate surface area is 162 Å². The fourth-order valence-corrected chi connectivity index (χ4v) is 2.90. The first kappa shape index (κ1) is 19.7. The van der Waals surface area contributed by atoms with Crippen LogP contribution in [0.15, 0.2) is 42.6 Å². The van der Waals surface area contributed by atoms with E-state index in [1.807, 2.05) is 18.2 Å². The van der Waals surface area contributed by atoms with Gasteiger partial charge in [-0.05, 0) is 30.3 Å². The lowest BCUT2D eigenvalue weighted by Crippen LogP contribution is -2.31. The molecule has 0 bridgehead atoms. The van der Waals surface area contributed by atoms with Crippen molar-refractivity contribution in [3.05, 3.63) is 54.1 Å². The number of rotatable bonds is 9. The van der Waals surface area contributed by atoms with Gasteiger partial charge in [-0.2, -0.15) is 0 Å². The molecule has 1 aromatic carbocycles. The van der Waals surface area contributed by atoms with Crippen molar-refractivity contribution in [2.75, 3.05) is 36.0 Å². The van der Waals surface area contributed by atoms with Gasteiger partial charge < -0.3 is 20.1 Å². The maximum Gasteiger partial charge on any atom is 0.414 e. The van der Waals surface area contributed by atoms with Crippen LogP contribution < -0.4 is 15.1 Å². The van der Waals surface area contributed by atoms with Crippen molar-refractivity contribution < 1.29 is 19.0 Å². The summed E-state index contributed by atoms with van der Waals surface area (Å²) in [5.41, 5.74) is 1.49. The molecule has 1 amide bonds. The first-order valence-corrected chi connectivity index (χ1v) is 8.88. The van der Waals surface area contributed by atoms with E-state index in [9.17, 15) is 9.18 Å². The molecule has 1 aliphatic rings. The second-order valence-corrected chi connectivity index (χ2v) is 6.26. The van der Waals surface area contributed by atoms with E-state index in [4.69, 9.17) is 15.3 Å². The fraction of sp³-hybridized carbons (Fsp3) is 0.316. The van der Waals surface area contributed by atoms with Gasteiger partial charge >= 0.3 is 6.09 Å². The zero-order valence-corrected chi connectivity index (χ0v) is 15.2. The quantitative estimate of drug-likeness (QED) is 0.344. The molecule has 3 rings (SSSR count). The molecule has 2 aromatic rings. The predicted octanol–water partition coefficient (Wildman–Crippen LogP) is 1.74. The van der Waals surface area contributed by atoms with Crippen LogP contribution in [0, 0.1) is 11.2 Å². The number of halogens is 1. The third kappa shape index (κ3) is 4.62. The lowest BCUT2D eigenvalue weighted by molar-refractivity contribution is 0.0963. The number of carbonyl (C=O) groups excluding carboxylic acids is 1. The molecule has 0 radical (unpaired) electrons. The van der Waals surface area contributed by atoms with Gasteiger partial charge in [0.15, 0.2) is 0 Å². The number of anilines is 2. The van der Waals surface area contributed by atoms with Gasteiger partial charge in [-0.3, -0.25) is 15.3 Å². The zero-order valence-electron chi connectivity index (χ0n) is 15.2. The maximum absolute atomic E-state index is 14.6. The van der Waals surface area contributed by atoms with Crippen molar-refractivity contribution in [1.29, 1.82) is 5.41 Å². The molecular formula is C19H22FN5O3. The Kier molecular flexibility index (Phi) is 6.51. The van der Waals surface area contributed by atoms with Gasteiger partial charge in [-0.1, -0.05) is 6.07 Å². The molecule has 1 aliphatic heterocycles. The van der Waals surface area contributed by atoms with Crippen molar-refractivity contribution in [3.63, 3.8) is 0 Å². The number of cyclic esters (lactones) is 1. The Bertz CT molecular complexity index is 820. The minimum absolute atomic E-state index is 0.167. The van der Waals surface area contributed by atoms with Crippen molar-refractivity contribution in [2.24, 2.45) is 0 Å². The number of carbonyl (C=O) groups is 1. The Hall–Kier alpha value is -3.04. The molecule has 0 spiro atoms. The van der Waals surface area contributed by atoms with Crippen LogP contribution in [0.2, 0.25) is 0 Å². The van der Waals surface area contributed by atoms with Crippen LogP contribution in [0.3, 0.4) is 0 Å². The lowest BCUT2D eigenvalue weighted by Gasteiger charge is -2.21. The molecule has 0 saturated carbocycles. The monoisotopic (exact) mass is 387 g/mol. The molecular weight excluding hydrogens is 365 g/mol. The molecule has 2 heterocycles. The second kappa shape index (κ2) is 9.25. The summed E-state index contributed by atoms with van der Waals surface area (Å²) in [6.07, 6.45) is 1.55. The fourth-order valence-electron chi connectivity index (χ4n) is 2.90. The van der Waals surface area contributed by atoms with Crippen LogP contribution in [0.25, 0.3) is 0 Å². The molecule has 1 saturated heterocycles. The number of hydrogen-bond acceptors (Lipinski definition) is 6. The maximum atomic E-state index is 14.6. The summed E-state index contributed by atoms with van der Waals surface area (Å²) < 4.78 is 19.6. The summed E-state index contributed by atoms with van der Waals surface area (Å²) in [5, 5.41) is 19.9. The van der Waals surface area contributed by atoms with Crippen molar-refractivity contribution >= 4 is 23.8 Å². The van der Waals surface area contributed by atoms with E-state index in [2.05, 4.69) is 10.3 Å². The average Bonchev–Trinajstić information content (AvgIpc) is 3.10. The largest absolute Gasteiger partial charge is 0.441 e. The number of aliphatic hydroxyl groups excluding tert-OH is 1. The van der Waals surface area contributed by atoms with Gasteiger partial charge in [-0.25, -0.2) is 9.18 Å². The number of amides is 1. The third-order valence-electron chi connectivity index (χ3n) is 4.35. The smallest absolute Gasteiger partial charge is 0.414 e. The summed E-state index contributed by atoms with van der Waals surface area (Å²) in [7, 11) is 0. The number of nitrogens with one attached hydrogen (secondary N) is 2. The highest BCUT2D eigenvalue weighted by Gasteiger charge is 2.32. The highest BCUT2D eigenvalue weighted by atomic mass is 19.1.